The molecule has 0 aliphatic heterocycles. The van der Waals surface area contributed by atoms with Crippen LogP contribution in [0.5, 0.6) is 5.75 Å². The Morgan fingerprint density at radius 2 is 2.23 bits per heavy atom. The van der Waals surface area contributed by atoms with Crippen molar-refractivity contribution in [2.45, 2.75) is 18.5 Å². The Morgan fingerprint density at radius 3 is 2.95 bits per heavy atom. The third-order valence-electron chi connectivity index (χ3n) is 2.80. The molecule has 2 rings (SSSR count). The Bertz CT molecular complexity index is 671. The van der Waals surface area contributed by atoms with Gasteiger partial charge in [-0.3, -0.25) is 10.1 Å². The first-order valence-corrected chi connectivity index (χ1v) is 7.85. The summed E-state index contributed by atoms with van der Waals surface area (Å²) in [7, 11) is 1.60. The Morgan fingerprint density at radius 1 is 1.41 bits per heavy atom. The number of ether oxygens (including phenoxy) is 1. The number of thioether (sulfide) groups is 1. The summed E-state index contributed by atoms with van der Waals surface area (Å²) >= 11 is 1.23. The fraction of sp³-hybridized carbons (Fsp3) is 0.357. The molecule has 0 saturated heterocycles. The number of fused-ring (bicyclic) bond motifs is 1. The number of hydrogen-bond donors (Lipinski definition) is 3. The van der Waals surface area contributed by atoms with Crippen molar-refractivity contribution in [2.75, 3.05) is 19.4 Å². The Hall–Kier alpha value is -2.22. The van der Waals surface area contributed by atoms with Gasteiger partial charge in [0.1, 0.15) is 5.75 Å². The Kier molecular flexibility index (Phi) is 5.65. The van der Waals surface area contributed by atoms with Crippen molar-refractivity contribution in [3.05, 3.63) is 18.2 Å². The standard InChI is InChI=1S/C14H18N4O3S/c1-3-6-15-13(20)18-12(19)8-22-14-16-10-5-4-9(21-2)7-11(10)17-14/h4-5,7H,3,6,8H2,1-2H3,(H,16,17)(H2,15,18,19,20). The highest BCUT2D eigenvalue weighted by molar-refractivity contribution is 7.99. The molecule has 0 radical (unpaired) electrons. The molecule has 3 amide bonds. The third kappa shape index (κ3) is 4.39. The van der Waals surface area contributed by atoms with E-state index >= 15 is 0 Å². The van der Waals surface area contributed by atoms with Crippen LogP contribution in [0.1, 0.15) is 13.3 Å². The minimum Gasteiger partial charge on any atom is -0.497 e. The normalized spacial score (nSPS) is 10.5. The molecule has 8 heteroatoms. The number of urea groups is 1. The van der Waals surface area contributed by atoms with Gasteiger partial charge < -0.3 is 15.0 Å². The van der Waals surface area contributed by atoms with E-state index in [1.807, 2.05) is 25.1 Å². The van der Waals surface area contributed by atoms with E-state index < -0.39 is 6.03 Å². The fourth-order valence-corrected chi connectivity index (χ4v) is 2.43. The number of aromatic nitrogens is 2. The molecule has 2 aromatic rings. The predicted molar refractivity (Wildman–Crippen MR) is 85.2 cm³/mol. The Labute approximate surface area is 132 Å². The quantitative estimate of drug-likeness (QED) is 0.706. The molecule has 0 aliphatic rings. The van der Waals surface area contributed by atoms with Gasteiger partial charge in [-0.2, -0.15) is 0 Å². The van der Waals surface area contributed by atoms with Gasteiger partial charge in [-0.1, -0.05) is 18.7 Å². The fourth-order valence-electron chi connectivity index (χ4n) is 1.74. The molecule has 0 unspecified atom stereocenters. The number of benzene rings is 1. The highest BCUT2D eigenvalue weighted by atomic mass is 32.2. The van der Waals surface area contributed by atoms with Crippen molar-refractivity contribution in [1.29, 1.82) is 0 Å². The van der Waals surface area contributed by atoms with Gasteiger partial charge in [0.05, 0.1) is 23.9 Å². The van der Waals surface area contributed by atoms with E-state index in [2.05, 4.69) is 20.6 Å². The largest absolute Gasteiger partial charge is 0.497 e. The number of imidazole rings is 1. The lowest BCUT2D eigenvalue weighted by Gasteiger charge is -2.04. The van der Waals surface area contributed by atoms with Gasteiger partial charge in [-0.25, -0.2) is 9.78 Å². The summed E-state index contributed by atoms with van der Waals surface area (Å²) in [6, 6.07) is 5.03. The lowest BCUT2D eigenvalue weighted by Crippen LogP contribution is -2.40. The molecule has 0 atom stereocenters. The molecule has 1 aromatic carbocycles. The number of carbonyl (C=O) groups is 2. The number of nitrogens with one attached hydrogen (secondary N) is 3. The summed E-state index contributed by atoms with van der Waals surface area (Å²) < 4.78 is 5.14. The van der Waals surface area contributed by atoms with Gasteiger partial charge >= 0.3 is 6.03 Å². The zero-order valence-electron chi connectivity index (χ0n) is 12.4. The summed E-state index contributed by atoms with van der Waals surface area (Å²) in [5.74, 6) is 0.478. The van der Waals surface area contributed by atoms with E-state index in [0.717, 1.165) is 23.2 Å². The maximum Gasteiger partial charge on any atom is 0.321 e. The van der Waals surface area contributed by atoms with Gasteiger partial charge in [0, 0.05) is 12.6 Å². The van der Waals surface area contributed by atoms with Crippen molar-refractivity contribution in [2.24, 2.45) is 0 Å². The summed E-state index contributed by atoms with van der Waals surface area (Å²) in [6.07, 6.45) is 0.818. The zero-order chi connectivity index (χ0) is 15.9. The van der Waals surface area contributed by atoms with E-state index in [-0.39, 0.29) is 11.7 Å². The van der Waals surface area contributed by atoms with Gasteiger partial charge in [0.2, 0.25) is 5.91 Å². The van der Waals surface area contributed by atoms with E-state index in [1.165, 1.54) is 11.8 Å². The minimum atomic E-state index is -0.471. The predicted octanol–water partition coefficient (Wildman–Crippen LogP) is 1.90. The number of carbonyl (C=O) groups excluding carboxylic acids is 2. The number of nitrogens with zero attached hydrogens (tertiary/aromatic N) is 1. The van der Waals surface area contributed by atoms with Crippen LogP contribution in [0.4, 0.5) is 4.79 Å². The zero-order valence-corrected chi connectivity index (χ0v) is 13.3. The van der Waals surface area contributed by atoms with Gasteiger partial charge in [-0.05, 0) is 18.6 Å². The summed E-state index contributed by atoms with van der Waals surface area (Å²) in [4.78, 5) is 30.5. The second-order valence-electron chi connectivity index (χ2n) is 4.52. The molecule has 0 aliphatic carbocycles. The third-order valence-corrected chi connectivity index (χ3v) is 3.67. The Balaban J connectivity index is 1.88. The number of aromatic amines is 1. The molecular formula is C14H18N4O3S. The summed E-state index contributed by atoms with van der Waals surface area (Å²) in [6.45, 7) is 2.48. The molecule has 0 fully saturated rings. The number of rotatable bonds is 6. The molecule has 22 heavy (non-hydrogen) atoms. The molecule has 0 saturated carbocycles. The van der Waals surface area contributed by atoms with Crippen LogP contribution in [0.25, 0.3) is 11.0 Å². The molecule has 3 N–H and O–H groups in total. The second-order valence-corrected chi connectivity index (χ2v) is 5.48. The van der Waals surface area contributed by atoms with Crippen LogP contribution in [0, 0.1) is 0 Å². The van der Waals surface area contributed by atoms with Crippen molar-refractivity contribution in [3.8, 4) is 5.75 Å². The first kappa shape index (κ1) is 16.2. The van der Waals surface area contributed by atoms with Gasteiger partial charge in [0.25, 0.3) is 0 Å². The first-order valence-electron chi connectivity index (χ1n) is 6.86. The van der Waals surface area contributed by atoms with Crippen molar-refractivity contribution < 1.29 is 14.3 Å². The van der Waals surface area contributed by atoms with Crippen molar-refractivity contribution in [1.82, 2.24) is 20.6 Å². The highest BCUT2D eigenvalue weighted by Crippen LogP contribution is 2.22. The molecule has 1 aromatic heterocycles. The topological polar surface area (TPSA) is 96.1 Å². The van der Waals surface area contributed by atoms with E-state index in [4.69, 9.17) is 4.74 Å². The highest BCUT2D eigenvalue weighted by Gasteiger charge is 2.10. The van der Waals surface area contributed by atoms with Gasteiger partial charge in [-0.15, -0.1) is 0 Å². The number of H-pyrrole nitrogens is 1. The second kappa shape index (κ2) is 7.69. The minimum absolute atomic E-state index is 0.108. The number of imide groups is 1. The SMILES string of the molecule is CCCNC(=O)NC(=O)CSc1nc2ccc(OC)cc2[nH]1. The monoisotopic (exact) mass is 322 g/mol. The molecular weight excluding hydrogens is 304 g/mol. The first-order chi connectivity index (χ1) is 10.6. The number of amides is 3. The average molecular weight is 322 g/mol. The van der Waals surface area contributed by atoms with Crippen LogP contribution >= 0.6 is 11.8 Å². The van der Waals surface area contributed by atoms with Crippen LogP contribution in [0.3, 0.4) is 0 Å². The van der Waals surface area contributed by atoms with Crippen LogP contribution in [0.2, 0.25) is 0 Å². The molecule has 1 heterocycles. The molecule has 118 valence electrons. The van der Waals surface area contributed by atoms with E-state index in [9.17, 15) is 9.59 Å². The van der Waals surface area contributed by atoms with Crippen LogP contribution in [-0.2, 0) is 4.79 Å². The van der Waals surface area contributed by atoms with Gasteiger partial charge in [0.15, 0.2) is 5.16 Å². The van der Waals surface area contributed by atoms with Crippen molar-refractivity contribution >= 4 is 34.7 Å². The van der Waals surface area contributed by atoms with E-state index in [1.54, 1.807) is 7.11 Å². The molecule has 0 spiro atoms. The average Bonchev–Trinajstić information content (AvgIpc) is 2.92. The van der Waals surface area contributed by atoms with Crippen molar-refractivity contribution in [3.63, 3.8) is 0 Å². The van der Waals surface area contributed by atoms with Crippen LogP contribution in [0.15, 0.2) is 23.4 Å². The number of hydrogen-bond acceptors (Lipinski definition) is 5. The number of methoxy groups -OCH3 is 1. The van der Waals surface area contributed by atoms with Crippen LogP contribution < -0.4 is 15.4 Å². The van der Waals surface area contributed by atoms with E-state index in [0.29, 0.717) is 11.7 Å². The summed E-state index contributed by atoms with van der Waals surface area (Å²) in [5, 5.41) is 5.46. The maximum absolute atomic E-state index is 11.7. The molecule has 7 nitrogen and oxygen atoms in total. The van der Waals surface area contributed by atoms with Crippen LogP contribution in [-0.4, -0.2) is 41.3 Å². The maximum atomic E-state index is 11.7. The molecule has 0 bridgehead atoms. The lowest BCUT2D eigenvalue weighted by molar-refractivity contribution is -0.117. The summed E-state index contributed by atoms with van der Waals surface area (Å²) in [5.41, 5.74) is 1.63. The lowest BCUT2D eigenvalue weighted by atomic mass is 10.3. The smallest absolute Gasteiger partial charge is 0.321 e.